The van der Waals surface area contributed by atoms with Gasteiger partial charge in [0.15, 0.2) is 0 Å². The van der Waals surface area contributed by atoms with Crippen LogP contribution in [-0.4, -0.2) is 39.9 Å². The topological polar surface area (TPSA) is 56.1 Å². The zero-order valence-electron chi connectivity index (χ0n) is 12.6. The molecule has 2 aromatic rings. The summed E-state index contributed by atoms with van der Waals surface area (Å²) in [6.07, 6.45) is 8.30. The molecule has 1 aliphatic rings. The van der Waals surface area contributed by atoms with Crippen molar-refractivity contribution in [2.24, 2.45) is 0 Å². The highest BCUT2D eigenvalue weighted by Crippen LogP contribution is 2.15. The Morgan fingerprint density at radius 1 is 1.19 bits per heavy atom. The Bertz CT molecular complexity index is 587. The average Bonchev–Trinajstić information content (AvgIpc) is 3.11. The van der Waals surface area contributed by atoms with Crippen LogP contribution in [0.3, 0.4) is 0 Å². The van der Waals surface area contributed by atoms with E-state index in [1.54, 1.807) is 7.11 Å². The summed E-state index contributed by atoms with van der Waals surface area (Å²) in [4.78, 5) is 11.2. The second-order valence-electron chi connectivity index (χ2n) is 5.47. The van der Waals surface area contributed by atoms with Crippen LogP contribution in [-0.2, 0) is 17.9 Å². The maximum absolute atomic E-state index is 5.14. The molecule has 0 amide bonds. The molecule has 1 saturated heterocycles. The minimum atomic E-state index is 0.545. The number of ether oxygens (including phenoxy) is 1. The summed E-state index contributed by atoms with van der Waals surface area (Å²) in [6.45, 7) is 5.41. The molecule has 1 fully saturated rings. The zero-order valence-corrected chi connectivity index (χ0v) is 12.6. The molecule has 0 atom stereocenters. The fraction of sp³-hybridized carbons (Fsp3) is 0.533. The fourth-order valence-corrected chi connectivity index (χ4v) is 2.62. The molecule has 3 rings (SSSR count). The first kappa shape index (κ1) is 14.0. The lowest BCUT2D eigenvalue weighted by molar-refractivity contribution is 0.180. The summed E-state index contributed by atoms with van der Waals surface area (Å²) >= 11 is 0. The molecule has 1 aliphatic heterocycles. The summed E-state index contributed by atoms with van der Waals surface area (Å²) in [5.74, 6) is 0.841. The molecule has 6 nitrogen and oxygen atoms in total. The number of aryl methyl sites for hydroxylation is 1. The standard InChI is InChI=1S/C15H21N5O/c1-12-9-20(18-14(12)11-21-2)10-13-7-16-15(17-8-13)19-5-3-4-6-19/h7-9H,3-6,10-11H2,1-2H3. The molecule has 3 heterocycles. The van der Waals surface area contributed by atoms with Crippen LogP contribution in [0.4, 0.5) is 5.95 Å². The van der Waals surface area contributed by atoms with Gasteiger partial charge in [-0.25, -0.2) is 9.97 Å². The Morgan fingerprint density at radius 2 is 1.90 bits per heavy atom. The smallest absolute Gasteiger partial charge is 0.225 e. The number of anilines is 1. The van der Waals surface area contributed by atoms with Crippen molar-refractivity contribution in [3.05, 3.63) is 35.4 Å². The quantitative estimate of drug-likeness (QED) is 0.839. The van der Waals surface area contributed by atoms with E-state index in [0.29, 0.717) is 13.2 Å². The summed E-state index contributed by atoms with van der Waals surface area (Å²) in [5, 5.41) is 4.52. The van der Waals surface area contributed by atoms with Gasteiger partial charge in [0.1, 0.15) is 0 Å². The molecular formula is C15H21N5O. The molecule has 2 aromatic heterocycles. The van der Waals surface area contributed by atoms with Gasteiger partial charge in [-0.1, -0.05) is 0 Å². The SMILES string of the molecule is COCc1nn(Cc2cnc(N3CCCC3)nc2)cc1C. The highest BCUT2D eigenvalue weighted by atomic mass is 16.5. The Hall–Kier alpha value is -1.95. The molecule has 0 saturated carbocycles. The molecule has 0 spiro atoms. The second kappa shape index (κ2) is 6.22. The first-order valence-electron chi connectivity index (χ1n) is 7.34. The number of nitrogens with zero attached hydrogens (tertiary/aromatic N) is 5. The van der Waals surface area contributed by atoms with Gasteiger partial charge in [-0.15, -0.1) is 0 Å². The van der Waals surface area contributed by atoms with E-state index in [9.17, 15) is 0 Å². The van der Waals surface area contributed by atoms with E-state index >= 15 is 0 Å². The summed E-state index contributed by atoms with van der Waals surface area (Å²) in [6, 6.07) is 0. The number of hydrogen-bond acceptors (Lipinski definition) is 5. The third kappa shape index (κ3) is 3.21. The van der Waals surface area contributed by atoms with Crippen molar-refractivity contribution < 1.29 is 4.74 Å². The summed E-state index contributed by atoms with van der Waals surface area (Å²) in [5.41, 5.74) is 3.18. The molecule has 0 unspecified atom stereocenters. The number of aromatic nitrogens is 4. The van der Waals surface area contributed by atoms with Gasteiger partial charge in [0.2, 0.25) is 5.95 Å². The Kier molecular flexibility index (Phi) is 4.15. The lowest BCUT2D eigenvalue weighted by Crippen LogP contribution is -2.20. The van der Waals surface area contributed by atoms with Crippen molar-refractivity contribution in [3.8, 4) is 0 Å². The van der Waals surface area contributed by atoms with E-state index in [-0.39, 0.29) is 0 Å². The molecule has 0 N–H and O–H groups in total. The molecule has 0 radical (unpaired) electrons. The average molecular weight is 287 g/mol. The third-order valence-electron chi connectivity index (χ3n) is 3.75. The van der Waals surface area contributed by atoms with Crippen LogP contribution in [0.25, 0.3) is 0 Å². The first-order chi connectivity index (χ1) is 10.3. The maximum atomic E-state index is 5.14. The van der Waals surface area contributed by atoms with Crippen LogP contribution in [0.2, 0.25) is 0 Å². The fourth-order valence-electron chi connectivity index (χ4n) is 2.62. The number of rotatable bonds is 5. The van der Waals surface area contributed by atoms with E-state index in [4.69, 9.17) is 4.74 Å². The Labute approximate surface area is 124 Å². The van der Waals surface area contributed by atoms with E-state index in [0.717, 1.165) is 35.9 Å². The van der Waals surface area contributed by atoms with Crippen LogP contribution in [0.5, 0.6) is 0 Å². The number of hydrogen-bond donors (Lipinski definition) is 0. The van der Waals surface area contributed by atoms with Crippen LogP contribution in [0.15, 0.2) is 18.6 Å². The summed E-state index contributed by atoms with van der Waals surface area (Å²) < 4.78 is 7.05. The molecule has 6 heteroatoms. The van der Waals surface area contributed by atoms with Crippen molar-refractivity contribution in [2.75, 3.05) is 25.1 Å². The molecule has 0 bridgehead atoms. The Balaban J connectivity index is 1.68. The van der Waals surface area contributed by atoms with Crippen LogP contribution in [0, 0.1) is 6.92 Å². The summed E-state index contributed by atoms with van der Waals surface area (Å²) in [7, 11) is 1.68. The zero-order chi connectivity index (χ0) is 14.7. The molecule has 21 heavy (non-hydrogen) atoms. The maximum Gasteiger partial charge on any atom is 0.225 e. The van der Waals surface area contributed by atoms with Crippen molar-refractivity contribution in [2.45, 2.75) is 32.9 Å². The lowest BCUT2D eigenvalue weighted by Gasteiger charge is -2.14. The first-order valence-corrected chi connectivity index (χ1v) is 7.34. The predicted molar refractivity (Wildman–Crippen MR) is 80.3 cm³/mol. The molecule has 0 aliphatic carbocycles. The normalized spacial score (nSPS) is 14.9. The van der Waals surface area contributed by atoms with Crippen molar-refractivity contribution in [1.29, 1.82) is 0 Å². The minimum absolute atomic E-state index is 0.545. The monoisotopic (exact) mass is 287 g/mol. The van der Waals surface area contributed by atoms with Crippen molar-refractivity contribution in [3.63, 3.8) is 0 Å². The van der Waals surface area contributed by atoms with Gasteiger partial charge in [0, 0.05) is 44.4 Å². The second-order valence-corrected chi connectivity index (χ2v) is 5.47. The van der Waals surface area contributed by atoms with E-state index in [1.807, 2.05) is 30.2 Å². The molecular weight excluding hydrogens is 266 g/mol. The van der Waals surface area contributed by atoms with Gasteiger partial charge in [-0.05, 0) is 25.3 Å². The van der Waals surface area contributed by atoms with Crippen LogP contribution in [0.1, 0.15) is 29.7 Å². The minimum Gasteiger partial charge on any atom is -0.378 e. The van der Waals surface area contributed by atoms with E-state index in [2.05, 4.69) is 20.0 Å². The number of methoxy groups -OCH3 is 1. The highest BCUT2D eigenvalue weighted by Gasteiger charge is 2.14. The van der Waals surface area contributed by atoms with Crippen LogP contribution < -0.4 is 4.90 Å². The molecule has 0 aromatic carbocycles. The molecule has 112 valence electrons. The van der Waals surface area contributed by atoms with Gasteiger partial charge in [0.25, 0.3) is 0 Å². The van der Waals surface area contributed by atoms with Gasteiger partial charge < -0.3 is 9.64 Å². The predicted octanol–water partition coefficient (Wildman–Crippen LogP) is 1.78. The van der Waals surface area contributed by atoms with Gasteiger partial charge >= 0.3 is 0 Å². The van der Waals surface area contributed by atoms with Crippen molar-refractivity contribution >= 4 is 5.95 Å². The van der Waals surface area contributed by atoms with Gasteiger partial charge in [-0.2, -0.15) is 5.10 Å². The lowest BCUT2D eigenvalue weighted by atomic mass is 10.3. The van der Waals surface area contributed by atoms with E-state index < -0.39 is 0 Å². The Morgan fingerprint density at radius 3 is 2.57 bits per heavy atom. The third-order valence-corrected chi connectivity index (χ3v) is 3.75. The highest BCUT2D eigenvalue weighted by molar-refractivity contribution is 5.31. The van der Waals surface area contributed by atoms with Gasteiger partial charge in [-0.3, -0.25) is 4.68 Å². The van der Waals surface area contributed by atoms with E-state index in [1.165, 1.54) is 12.8 Å². The van der Waals surface area contributed by atoms with Crippen LogP contribution >= 0.6 is 0 Å². The van der Waals surface area contributed by atoms with Gasteiger partial charge in [0.05, 0.1) is 18.8 Å². The van der Waals surface area contributed by atoms with Crippen molar-refractivity contribution in [1.82, 2.24) is 19.7 Å². The largest absolute Gasteiger partial charge is 0.378 e.